The third-order valence-corrected chi connectivity index (χ3v) is 5.51. The molecule has 2 aromatic carbocycles. The minimum Gasteiger partial charge on any atom is -0.405 e. The number of ketones is 1. The Bertz CT molecular complexity index is 1290. The number of anilines is 1. The van der Waals surface area contributed by atoms with Crippen LogP contribution in [-0.4, -0.2) is 16.9 Å². The molecule has 0 amide bonds. The molecule has 1 N–H and O–H groups in total. The minimum absolute atomic E-state index is 0.121. The fourth-order valence-electron chi connectivity index (χ4n) is 3.94. The maximum atomic E-state index is 13.5. The van der Waals surface area contributed by atoms with Crippen LogP contribution in [0.15, 0.2) is 57.7 Å². The van der Waals surface area contributed by atoms with Gasteiger partial charge in [-0.1, -0.05) is 29.8 Å². The molecule has 0 fully saturated rings. The lowest BCUT2D eigenvalue weighted by Gasteiger charge is -2.08. The fourth-order valence-corrected chi connectivity index (χ4v) is 4.07. The van der Waals surface area contributed by atoms with Crippen molar-refractivity contribution in [1.82, 2.24) is 4.57 Å². The van der Waals surface area contributed by atoms with Gasteiger partial charge < -0.3 is 9.73 Å². The van der Waals surface area contributed by atoms with Crippen LogP contribution in [0.5, 0.6) is 0 Å². The van der Waals surface area contributed by atoms with Crippen molar-refractivity contribution in [2.24, 2.45) is 0 Å². The summed E-state index contributed by atoms with van der Waals surface area (Å²) in [6.07, 6.45) is 1.92. The average Bonchev–Trinajstić information content (AvgIpc) is 2.85. The first kappa shape index (κ1) is 17.1. The van der Waals surface area contributed by atoms with E-state index in [0.717, 1.165) is 24.8 Å². The Morgan fingerprint density at radius 1 is 1.04 bits per heavy atom. The van der Waals surface area contributed by atoms with Gasteiger partial charge in [0.25, 0.3) is 0 Å². The number of fused-ring (bicyclic) bond motifs is 5. The van der Waals surface area contributed by atoms with Crippen LogP contribution in [0, 0.1) is 0 Å². The van der Waals surface area contributed by atoms with Crippen molar-refractivity contribution in [3.8, 4) is 0 Å². The first-order valence-corrected chi connectivity index (χ1v) is 9.65. The lowest BCUT2D eigenvalue weighted by atomic mass is 9.99. The Labute approximate surface area is 165 Å². The highest BCUT2D eigenvalue weighted by atomic mass is 35.5. The third-order valence-electron chi connectivity index (χ3n) is 5.26. The van der Waals surface area contributed by atoms with E-state index in [1.165, 1.54) is 0 Å². The number of aryl methyl sites for hydroxylation is 1. The van der Waals surface area contributed by atoms with E-state index in [1.54, 1.807) is 36.4 Å². The van der Waals surface area contributed by atoms with Crippen LogP contribution in [0.3, 0.4) is 0 Å². The van der Waals surface area contributed by atoms with Crippen molar-refractivity contribution < 1.29 is 9.21 Å². The number of aromatic nitrogens is 1. The number of hydrogen-bond acceptors (Lipinski definition) is 4. The monoisotopic (exact) mass is 392 g/mol. The second kappa shape index (κ2) is 6.53. The van der Waals surface area contributed by atoms with Crippen molar-refractivity contribution in [3.05, 3.63) is 75.1 Å². The molecule has 0 spiro atoms. The lowest BCUT2D eigenvalue weighted by molar-refractivity contribution is 0.104. The molecule has 140 valence electrons. The Morgan fingerprint density at radius 3 is 2.57 bits per heavy atom. The normalized spacial score (nSPS) is 13.9. The third kappa shape index (κ3) is 2.54. The summed E-state index contributed by atoms with van der Waals surface area (Å²) in [5, 5.41) is 5.84. The molecule has 6 heteroatoms. The number of carbonyl (C=O) groups excluding carboxylic acids is 1. The number of hydrogen-bond donors (Lipinski definition) is 1. The molecule has 0 saturated heterocycles. The van der Waals surface area contributed by atoms with E-state index in [-0.39, 0.29) is 5.78 Å². The molecular formula is C22H17ClN2O3. The second-order valence-corrected chi connectivity index (χ2v) is 7.40. The van der Waals surface area contributed by atoms with Crippen molar-refractivity contribution in [3.63, 3.8) is 0 Å². The Balaban J connectivity index is 1.90. The van der Waals surface area contributed by atoms with Gasteiger partial charge in [0, 0.05) is 29.1 Å². The predicted molar refractivity (Wildman–Crippen MR) is 111 cm³/mol. The van der Waals surface area contributed by atoms with E-state index < -0.39 is 5.63 Å². The number of rotatable bonds is 2. The molecule has 5 rings (SSSR count). The largest absolute Gasteiger partial charge is 0.405 e. The number of halogens is 1. The average molecular weight is 393 g/mol. The standard InChI is InChI=1S/C22H17ClN2O3/c23-14-9-7-13(8-10-14)19(26)18-17-15-5-1-2-6-16(15)22(27)28-21(17)25-12-4-3-11-24-20(18)25/h1-2,5-10,24H,3-4,11-12H2. The summed E-state index contributed by atoms with van der Waals surface area (Å²) in [5.74, 6) is 0.593. The van der Waals surface area contributed by atoms with E-state index in [9.17, 15) is 9.59 Å². The van der Waals surface area contributed by atoms with Gasteiger partial charge in [-0.2, -0.15) is 0 Å². The molecule has 0 bridgehead atoms. The van der Waals surface area contributed by atoms with Crippen LogP contribution in [-0.2, 0) is 6.54 Å². The van der Waals surface area contributed by atoms with Crippen molar-refractivity contribution >= 4 is 45.1 Å². The molecule has 0 radical (unpaired) electrons. The summed E-state index contributed by atoms with van der Waals surface area (Å²) in [4.78, 5) is 26.1. The zero-order chi connectivity index (χ0) is 19.3. The minimum atomic E-state index is -0.391. The van der Waals surface area contributed by atoms with Crippen molar-refractivity contribution in [2.75, 3.05) is 11.9 Å². The number of nitrogens with zero attached hydrogens (tertiary/aromatic N) is 1. The summed E-state index contributed by atoms with van der Waals surface area (Å²) in [5.41, 5.74) is 1.14. The molecule has 0 atom stereocenters. The molecule has 28 heavy (non-hydrogen) atoms. The number of benzene rings is 2. The van der Waals surface area contributed by atoms with Crippen molar-refractivity contribution in [2.45, 2.75) is 19.4 Å². The first-order valence-electron chi connectivity index (χ1n) is 9.27. The van der Waals surface area contributed by atoms with E-state index in [4.69, 9.17) is 16.0 Å². The molecule has 0 aliphatic carbocycles. The van der Waals surface area contributed by atoms with Gasteiger partial charge in [-0.15, -0.1) is 0 Å². The summed E-state index contributed by atoms with van der Waals surface area (Å²) in [6.45, 7) is 1.45. The Morgan fingerprint density at radius 2 is 1.79 bits per heavy atom. The molecule has 1 aliphatic heterocycles. The summed E-state index contributed by atoms with van der Waals surface area (Å²) >= 11 is 5.99. The summed E-state index contributed by atoms with van der Waals surface area (Å²) in [7, 11) is 0. The van der Waals surface area contributed by atoms with Crippen molar-refractivity contribution in [1.29, 1.82) is 0 Å². The van der Waals surface area contributed by atoms with Crippen LogP contribution in [0.4, 0.5) is 5.82 Å². The SMILES string of the molecule is O=C(c1ccc(Cl)cc1)c1c2n(c3oc(=O)c4ccccc4c13)CCCCN2. The second-order valence-electron chi connectivity index (χ2n) is 6.96. The molecule has 5 nitrogen and oxygen atoms in total. The van der Waals surface area contributed by atoms with Gasteiger partial charge in [0.2, 0.25) is 5.71 Å². The molecule has 0 saturated carbocycles. The quantitative estimate of drug-likeness (QED) is 0.496. The van der Waals surface area contributed by atoms with Crippen LogP contribution in [0.1, 0.15) is 28.8 Å². The van der Waals surface area contributed by atoms with E-state index in [2.05, 4.69) is 5.32 Å². The highest BCUT2D eigenvalue weighted by molar-refractivity contribution is 6.31. The summed E-state index contributed by atoms with van der Waals surface area (Å²) in [6, 6.07) is 14.1. The molecule has 2 aromatic heterocycles. The molecule has 0 unspecified atom stereocenters. The van der Waals surface area contributed by atoms with Crippen LogP contribution >= 0.6 is 11.6 Å². The van der Waals surface area contributed by atoms with E-state index >= 15 is 0 Å². The van der Waals surface area contributed by atoms with Gasteiger partial charge in [-0.3, -0.25) is 9.36 Å². The highest BCUT2D eigenvalue weighted by Crippen LogP contribution is 2.37. The van der Waals surface area contributed by atoms with Gasteiger partial charge in [-0.05, 0) is 43.2 Å². The molecule has 4 aromatic rings. The van der Waals surface area contributed by atoms with Gasteiger partial charge >= 0.3 is 5.63 Å². The topological polar surface area (TPSA) is 64.2 Å². The number of nitrogens with one attached hydrogen (secondary N) is 1. The van der Waals surface area contributed by atoms with Gasteiger partial charge in [0.15, 0.2) is 5.78 Å². The number of carbonyl (C=O) groups is 1. The lowest BCUT2D eigenvalue weighted by Crippen LogP contribution is -2.09. The van der Waals surface area contributed by atoms with Crippen LogP contribution < -0.4 is 10.9 Å². The smallest absolute Gasteiger partial charge is 0.345 e. The van der Waals surface area contributed by atoms with Gasteiger partial charge in [0.1, 0.15) is 5.82 Å². The van der Waals surface area contributed by atoms with Crippen LogP contribution in [0.25, 0.3) is 21.9 Å². The maximum absolute atomic E-state index is 13.5. The zero-order valence-electron chi connectivity index (χ0n) is 15.0. The van der Waals surface area contributed by atoms with Gasteiger partial charge in [-0.25, -0.2) is 4.79 Å². The molecule has 1 aliphatic rings. The maximum Gasteiger partial charge on any atom is 0.345 e. The molecule has 3 heterocycles. The van der Waals surface area contributed by atoms with Gasteiger partial charge in [0.05, 0.1) is 16.3 Å². The fraction of sp³-hybridized carbons (Fsp3) is 0.182. The first-order chi connectivity index (χ1) is 13.6. The highest BCUT2D eigenvalue weighted by Gasteiger charge is 2.28. The Hall–Kier alpha value is -3.05. The molecular weight excluding hydrogens is 376 g/mol. The summed E-state index contributed by atoms with van der Waals surface area (Å²) < 4.78 is 7.64. The van der Waals surface area contributed by atoms with Crippen LogP contribution in [0.2, 0.25) is 5.02 Å². The van der Waals surface area contributed by atoms with E-state index in [1.807, 2.05) is 16.7 Å². The predicted octanol–water partition coefficient (Wildman–Crippen LogP) is 4.84. The zero-order valence-corrected chi connectivity index (χ0v) is 15.8. The Kier molecular flexibility index (Phi) is 3.98. The van der Waals surface area contributed by atoms with E-state index in [0.29, 0.717) is 45.0 Å².